The Hall–Kier alpha value is -1.85. The standard InChI is InChI=1S/C16H17F4NO/c1-2-14(22)21(12-6-4-8-16(19,20)9-12)10-11-5-3-7-13(17)15(11)18/h2-3,5,7,12H,1,4,6,8-10H2. The van der Waals surface area contributed by atoms with E-state index in [-0.39, 0.29) is 24.9 Å². The Morgan fingerprint density at radius 1 is 1.41 bits per heavy atom. The van der Waals surface area contributed by atoms with Gasteiger partial charge in [-0.05, 0) is 25.0 Å². The third-order valence-corrected chi connectivity index (χ3v) is 3.88. The Morgan fingerprint density at radius 3 is 2.77 bits per heavy atom. The van der Waals surface area contributed by atoms with E-state index in [1.165, 1.54) is 12.1 Å². The van der Waals surface area contributed by atoms with Crippen LogP contribution in [0.1, 0.15) is 31.2 Å². The summed E-state index contributed by atoms with van der Waals surface area (Å²) in [6.45, 7) is 3.09. The van der Waals surface area contributed by atoms with Crippen molar-refractivity contribution in [2.45, 2.75) is 44.2 Å². The lowest BCUT2D eigenvalue weighted by atomic mass is 9.90. The maximum Gasteiger partial charge on any atom is 0.250 e. The molecule has 1 unspecified atom stereocenters. The molecule has 0 bridgehead atoms. The molecule has 1 fully saturated rings. The third-order valence-electron chi connectivity index (χ3n) is 3.88. The average Bonchev–Trinajstić information content (AvgIpc) is 2.47. The molecule has 0 aromatic heterocycles. The first-order chi connectivity index (χ1) is 10.3. The summed E-state index contributed by atoms with van der Waals surface area (Å²) >= 11 is 0. The Kier molecular flexibility index (Phi) is 4.88. The van der Waals surface area contributed by atoms with Crippen molar-refractivity contribution >= 4 is 5.91 Å². The van der Waals surface area contributed by atoms with Crippen LogP contribution in [0.2, 0.25) is 0 Å². The number of carbonyl (C=O) groups is 1. The summed E-state index contributed by atoms with van der Waals surface area (Å²) in [6.07, 6.45) is 1.01. The van der Waals surface area contributed by atoms with Crippen molar-refractivity contribution in [3.63, 3.8) is 0 Å². The van der Waals surface area contributed by atoms with Crippen molar-refractivity contribution in [1.82, 2.24) is 4.90 Å². The van der Waals surface area contributed by atoms with Crippen LogP contribution in [0.25, 0.3) is 0 Å². The highest BCUT2D eigenvalue weighted by Crippen LogP contribution is 2.36. The van der Waals surface area contributed by atoms with Gasteiger partial charge in [-0.25, -0.2) is 17.6 Å². The van der Waals surface area contributed by atoms with Crippen LogP contribution >= 0.6 is 0 Å². The zero-order chi connectivity index (χ0) is 16.3. The largest absolute Gasteiger partial charge is 0.332 e. The summed E-state index contributed by atoms with van der Waals surface area (Å²) in [4.78, 5) is 13.1. The second kappa shape index (κ2) is 6.50. The van der Waals surface area contributed by atoms with Crippen LogP contribution in [0, 0.1) is 11.6 Å². The van der Waals surface area contributed by atoms with Gasteiger partial charge in [0.25, 0.3) is 0 Å². The van der Waals surface area contributed by atoms with E-state index >= 15 is 0 Å². The van der Waals surface area contributed by atoms with Crippen molar-refractivity contribution in [3.8, 4) is 0 Å². The van der Waals surface area contributed by atoms with E-state index in [0.29, 0.717) is 6.42 Å². The van der Waals surface area contributed by atoms with E-state index < -0.39 is 35.9 Å². The highest BCUT2D eigenvalue weighted by Gasteiger charge is 2.39. The van der Waals surface area contributed by atoms with Gasteiger partial charge in [0.15, 0.2) is 11.6 Å². The Bertz CT molecular complexity index is 573. The summed E-state index contributed by atoms with van der Waals surface area (Å²) < 4.78 is 54.2. The molecule has 0 N–H and O–H groups in total. The second-order valence-corrected chi connectivity index (χ2v) is 5.49. The number of halogens is 4. The van der Waals surface area contributed by atoms with Gasteiger partial charge < -0.3 is 4.90 Å². The van der Waals surface area contributed by atoms with Gasteiger partial charge in [0.05, 0.1) is 0 Å². The van der Waals surface area contributed by atoms with Gasteiger partial charge in [-0.3, -0.25) is 4.79 Å². The topological polar surface area (TPSA) is 20.3 Å². The SMILES string of the molecule is C=CC(=O)N(Cc1cccc(F)c1F)C1CCCC(F)(F)C1. The van der Waals surface area contributed by atoms with E-state index in [9.17, 15) is 22.4 Å². The van der Waals surface area contributed by atoms with Gasteiger partial charge >= 0.3 is 0 Å². The number of nitrogens with zero attached hydrogens (tertiary/aromatic N) is 1. The van der Waals surface area contributed by atoms with Crippen molar-refractivity contribution in [3.05, 3.63) is 48.1 Å². The molecule has 2 nitrogen and oxygen atoms in total. The van der Waals surface area contributed by atoms with Crippen LogP contribution in [0.4, 0.5) is 17.6 Å². The molecule has 2 rings (SSSR count). The minimum Gasteiger partial charge on any atom is -0.332 e. The first-order valence-corrected chi connectivity index (χ1v) is 7.08. The molecule has 1 aromatic rings. The summed E-state index contributed by atoms with van der Waals surface area (Å²) in [7, 11) is 0. The first-order valence-electron chi connectivity index (χ1n) is 7.08. The molecule has 1 aromatic carbocycles. The maximum atomic E-state index is 13.8. The molecule has 1 amide bonds. The Labute approximate surface area is 126 Å². The Balaban J connectivity index is 2.25. The molecule has 0 spiro atoms. The second-order valence-electron chi connectivity index (χ2n) is 5.49. The van der Waals surface area contributed by atoms with E-state index in [1.807, 2.05) is 0 Å². The lowest BCUT2D eigenvalue weighted by Crippen LogP contribution is -2.44. The van der Waals surface area contributed by atoms with Crippen molar-refractivity contribution in [2.24, 2.45) is 0 Å². The molecule has 0 aliphatic heterocycles. The summed E-state index contributed by atoms with van der Waals surface area (Å²) in [6, 6.07) is 2.91. The van der Waals surface area contributed by atoms with Crippen LogP contribution in [0.15, 0.2) is 30.9 Å². The number of rotatable bonds is 4. The number of hydrogen-bond donors (Lipinski definition) is 0. The van der Waals surface area contributed by atoms with Crippen LogP contribution < -0.4 is 0 Å². The predicted octanol–water partition coefficient (Wildman–Crippen LogP) is 4.06. The lowest BCUT2D eigenvalue weighted by Gasteiger charge is -2.37. The number of hydrogen-bond acceptors (Lipinski definition) is 1. The molecule has 0 saturated heterocycles. The highest BCUT2D eigenvalue weighted by molar-refractivity contribution is 5.87. The molecule has 22 heavy (non-hydrogen) atoms. The van der Waals surface area contributed by atoms with Gasteiger partial charge in [0.1, 0.15) is 0 Å². The van der Waals surface area contributed by atoms with Crippen LogP contribution in [0.5, 0.6) is 0 Å². The fourth-order valence-electron chi connectivity index (χ4n) is 2.77. The quantitative estimate of drug-likeness (QED) is 0.606. The molecule has 120 valence electrons. The van der Waals surface area contributed by atoms with Crippen molar-refractivity contribution in [1.29, 1.82) is 0 Å². The monoisotopic (exact) mass is 315 g/mol. The Morgan fingerprint density at radius 2 is 2.14 bits per heavy atom. The molecule has 0 heterocycles. The van der Waals surface area contributed by atoms with Gasteiger partial charge in [0, 0.05) is 31.0 Å². The fraction of sp³-hybridized carbons (Fsp3) is 0.438. The summed E-state index contributed by atoms with van der Waals surface area (Å²) in [5.74, 6) is -5.50. The normalized spacial score (nSPS) is 20.5. The maximum absolute atomic E-state index is 13.8. The van der Waals surface area contributed by atoms with Gasteiger partial charge in [-0.15, -0.1) is 0 Å². The van der Waals surface area contributed by atoms with Crippen molar-refractivity contribution in [2.75, 3.05) is 0 Å². The number of carbonyl (C=O) groups excluding carboxylic acids is 1. The van der Waals surface area contributed by atoms with E-state index in [0.717, 1.165) is 17.0 Å². The molecule has 6 heteroatoms. The third kappa shape index (κ3) is 3.67. The van der Waals surface area contributed by atoms with E-state index in [2.05, 4.69) is 6.58 Å². The molecular formula is C16H17F4NO. The van der Waals surface area contributed by atoms with E-state index in [1.54, 1.807) is 0 Å². The van der Waals surface area contributed by atoms with Gasteiger partial charge in [-0.1, -0.05) is 18.7 Å². The smallest absolute Gasteiger partial charge is 0.250 e. The summed E-state index contributed by atoms with van der Waals surface area (Å²) in [5.41, 5.74) is -0.0379. The van der Waals surface area contributed by atoms with Crippen LogP contribution in [-0.2, 0) is 11.3 Å². The van der Waals surface area contributed by atoms with Crippen molar-refractivity contribution < 1.29 is 22.4 Å². The zero-order valence-electron chi connectivity index (χ0n) is 12.0. The molecule has 1 saturated carbocycles. The van der Waals surface area contributed by atoms with Crippen LogP contribution in [0.3, 0.4) is 0 Å². The van der Waals surface area contributed by atoms with Gasteiger partial charge in [-0.2, -0.15) is 0 Å². The first kappa shape index (κ1) is 16.5. The zero-order valence-corrected chi connectivity index (χ0v) is 12.0. The molecule has 1 aliphatic rings. The minimum atomic E-state index is -2.84. The molecular weight excluding hydrogens is 298 g/mol. The number of alkyl halides is 2. The molecule has 0 radical (unpaired) electrons. The van der Waals surface area contributed by atoms with Crippen LogP contribution in [-0.4, -0.2) is 22.8 Å². The molecule has 1 aliphatic carbocycles. The average molecular weight is 315 g/mol. The van der Waals surface area contributed by atoms with E-state index in [4.69, 9.17) is 0 Å². The predicted molar refractivity (Wildman–Crippen MR) is 74.3 cm³/mol. The summed E-state index contributed by atoms with van der Waals surface area (Å²) in [5, 5.41) is 0. The lowest BCUT2D eigenvalue weighted by molar-refractivity contribution is -0.133. The fourth-order valence-corrected chi connectivity index (χ4v) is 2.77. The van der Waals surface area contributed by atoms with Gasteiger partial charge in [0.2, 0.25) is 11.8 Å². The number of benzene rings is 1. The molecule has 1 atom stereocenters. The highest BCUT2D eigenvalue weighted by atomic mass is 19.3. The minimum absolute atomic E-state index is 0.0379. The number of amides is 1.